The fourth-order valence-corrected chi connectivity index (χ4v) is 1.92. The smallest absolute Gasteiger partial charge is 0.225 e. The molecule has 0 aliphatic carbocycles. The highest BCUT2D eigenvalue weighted by molar-refractivity contribution is 5.89. The zero-order valence-electron chi connectivity index (χ0n) is 12.0. The predicted molar refractivity (Wildman–Crippen MR) is 81.9 cm³/mol. The standard InChI is InChI=1S/C16H14N4O2/c1-2-16(21)20-15-10-18-13(9-19-15)11-5-6-17-12(8-11)14-4-3-7-22-14/h3-10H,2H2,1H3,(H,19,20,21). The molecule has 0 saturated heterocycles. The Bertz CT molecular complexity index is 767. The van der Waals surface area contributed by atoms with Gasteiger partial charge in [-0.3, -0.25) is 14.8 Å². The fourth-order valence-electron chi connectivity index (χ4n) is 1.92. The highest BCUT2D eigenvalue weighted by Gasteiger charge is 2.07. The maximum Gasteiger partial charge on any atom is 0.225 e. The fraction of sp³-hybridized carbons (Fsp3) is 0.125. The summed E-state index contributed by atoms with van der Waals surface area (Å²) in [6.45, 7) is 1.78. The second-order valence-electron chi connectivity index (χ2n) is 4.60. The van der Waals surface area contributed by atoms with Crippen molar-refractivity contribution in [1.82, 2.24) is 15.0 Å². The molecule has 0 bridgehead atoms. The van der Waals surface area contributed by atoms with Crippen molar-refractivity contribution in [2.75, 3.05) is 5.32 Å². The number of nitrogens with zero attached hydrogens (tertiary/aromatic N) is 3. The lowest BCUT2D eigenvalue weighted by molar-refractivity contribution is -0.115. The zero-order valence-corrected chi connectivity index (χ0v) is 12.0. The number of aromatic nitrogens is 3. The average molecular weight is 294 g/mol. The molecular weight excluding hydrogens is 280 g/mol. The Hall–Kier alpha value is -3.02. The summed E-state index contributed by atoms with van der Waals surface area (Å²) in [7, 11) is 0. The van der Waals surface area contributed by atoms with Crippen LogP contribution in [0.25, 0.3) is 22.7 Å². The Balaban J connectivity index is 1.85. The SMILES string of the molecule is CCC(=O)Nc1cnc(-c2ccnc(-c3ccco3)c2)cn1. The predicted octanol–water partition coefficient (Wildman–Crippen LogP) is 3.15. The summed E-state index contributed by atoms with van der Waals surface area (Å²) >= 11 is 0. The molecule has 0 aliphatic heterocycles. The molecule has 0 aromatic carbocycles. The molecule has 22 heavy (non-hydrogen) atoms. The maximum atomic E-state index is 11.3. The third-order valence-electron chi connectivity index (χ3n) is 3.07. The van der Waals surface area contributed by atoms with E-state index in [1.165, 1.54) is 6.20 Å². The van der Waals surface area contributed by atoms with Crippen molar-refractivity contribution >= 4 is 11.7 Å². The molecule has 6 heteroatoms. The molecule has 0 unspecified atom stereocenters. The van der Waals surface area contributed by atoms with Gasteiger partial charge in [0.05, 0.1) is 24.4 Å². The quantitative estimate of drug-likeness (QED) is 0.799. The van der Waals surface area contributed by atoms with Gasteiger partial charge in [0.25, 0.3) is 0 Å². The number of carbonyl (C=O) groups excluding carboxylic acids is 1. The minimum absolute atomic E-state index is 0.0916. The average Bonchev–Trinajstić information content (AvgIpc) is 3.10. The number of hydrogen-bond acceptors (Lipinski definition) is 5. The lowest BCUT2D eigenvalue weighted by Gasteiger charge is -2.05. The molecule has 0 atom stereocenters. The lowest BCUT2D eigenvalue weighted by atomic mass is 10.1. The molecule has 110 valence electrons. The third-order valence-corrected chi connectivity index (χ3v) is 3.07. The van der Waals surface area contributed by atoms with Crippen LogP contribution in [0.2, 0.25) is 0 Å². The van der Waals surface area contributed by atoms with Gasteiger partial charge in [-0.1, -0.05) is 6.92 Å². The van der Waals surface area contributed by atoms with Crippen molar-refractivity contribution in [1.29, 1.82) is 0 Å². The van der Waals surface area contributed by atoms with Crippen LogP contribution in [0.15, 0.2) is 53.5 Å². The van der Waals surface area contributed by atoms with Crippen LogP contribution in [0.1, 0.15) is 13.3 Å². The van der Waals surface area contributed by atoms with E-state index in [4.69, 9.17) is 4.42 Å². The molecule has 6 nitrogen and oxygen atoms in total. The lowest BCUT2D eigenvalue weighted by Crippen LogP contribution is -2.10. The summed E-state index contributed by atoms with van der Waals surface area (Å²) in [5, 5.41) is 2.66. The van der Waals surface area contributed by atoms with Gasteiger partial charge < -0.3 is 9.73 Å². The molecule has 3 aromatic heterocycles. The van der Waals surface area contributed by atoms with Crippen LogP contribution in [0.3, 0.4) is 0 Å². The van der Waals surface area contributed by atoms with E-state index in [0.717, 1.165) is 11.3 Å². The van der Waals surface area contributed by atoms with Gasteiger partial charge in [-0.05, 0) is 24.3 Å². The molecule has 0 fully saturated rings. The topological polar surface area (TPSA) is 80.9 Å². The molecular formula is C16H14N4O2. The Morgan fingerprint density at radius 2 is 2.09 bits per heavy atom. The van der Waals surface area contributed by atoms with Gasteiger partial charge in [0, 0.05) is 18.2 Å². The molecule has 1 N–H and O–H groups in total. The van der Waals surface area contributed by atoms with Crippen molar-refractivity contribution in [3.05, 3.63) is 49.1 Å². The van der Waals surface area contributed by atoms with Gasteiger partial charge in [0.2, 0.25) is 5.91 Å². The molecule has 3 heterocycles. The Morgan fingerprint density at radius 1 is 1.18 bits per heavy atom. The molecule has 0 radical (unpaired) electrons. The van der Waals surface area contributed by atoms with E-state index in [1.807, 2.05) is 24.3 Å². The first-order valence-electron chi connectivity index (χ1n) is 6.88. The number of anilines is 1. The van der Waals surface area contributed by atoms with Crippen LogP contribution in [-0.4, -0.2) is 20.9 Å². The van der Waals surface area contributed by atoms with Gasteiger partial charge in [0.15, 0.2) is 11.6 Å². The van der Waals surface area contributed by atoms with Gasteiger partial charge in [-0.25, -0.2) is 4.98 Å². The summed E-state index contributed by atoms with van der Waals surface area (Å²) in [4.78, 5) is 24.1. The Morgan fingerprint density at radius 3 is 2.77 bits per heavy atom. The summed E-state index contributed by atoms with van der Waals surface area (Å²) in [5.41, 5.74) is 2.31. The summed E-state index contributed by atoms with van der Waals surface area (Å²) in [5.74, 6) is 1.05. The van der Waals surface area contributed by atoms with Crippen molar-refractivity contribution in [2.24, 2.45) is 0 Å². The third kappa shape index (κ3) is 3.01. The van der Waals surface area contributed by atoms with E-state index >= 15 is 0 Å². The van der Waals surface area contributed by atoms with Crippen molar-refractivity contribution in [3.63, 3.8) is 0 Å². The molecule has 1 amide bonds. The normalized spacial score (nSPS) is 10.4. The van der Waals surface area contributed by atoms with Gasteiger partial charge >= 0.3 is 0 Å². The van der Waals surface area contributed by atoms with Crippen LogP contribution in [0.4, 0.5) is 5.82 Å². The molecule has 0 saturated carbocycles. The minimum Gasteiger partial charge on any atom is -0.463 e. The van der Waals surface area contributed by atoms with Gasteiger partial charge in [-0.15, -0.1) is 0 Å². The number of rotatable bonds is 4. The molecule has 3 aromatic rings. The second kappa shape index (κ2) is 6.17. The van der Waals surface area contributed by atoms with E-state index in [1.54, 1.807) is 25.6 Å². The van der Waals surface area contributed by atoms with Crippen molar-refractivity contribution < 1.29 is 9.21 Å². The highest BCUT2D eigenvalue weighted by Crippen LogP contribution is 2.23. The van der Waals surface area contributed by atoms with E-state index in [9.17, 15) is 4.79 Å². The minimum atomic E-state index is -0.0916. The van der Waals surface area contributed by atoms with E-state index in [-0.39, 0.29) is 5.91 Å². The Labute approximate surface area is 127 Å². The second-order valence-corrected chi connectivity index (χ2v) is 4.60. The number of hydrogen-bond donors (Lipinski definition) is 1. The van der Waals surface area contributed by atoms with E-state index in [0.29, 0.717) is 23.7 Å². The van der Waals surface area contributed by atoms with Gasteiger partial charge in [0.1, 0.15) is 5.69 Å². The van der Waals surface area contributed by atoms with Crippen LogP contribution < -0.4 is 5.32 Å². The number of carbonyl (C=O) groups is 1. The van der Waals surface area contributed by atoms with Crippen LogP contribution in [0.5, 0.6) is 0 Å². The first-order valence-corrected chi connectivity index (χ1v) is 6.88. The maximum absolute atomic E-state index is 11.3. The zero-order chi connectivity index (χ0) is 15.4. The first kappa shape index (κ1) is 13.9. The molecule has 0 aliphatic rings. The number of nitrogens with one attached hydrogen (secondary N) is 1. The summed E-state index contributed by atoms with van der Waals surface area (Å²) in [6.07, 6.45) is 6.86. The summed E-state index contributed by atoms with van der Waals surface area (Å²) < 4.78 is 5.34. The van der Waals surface area contributed by atoms with Crippen LogP contribution in [0, 0.1) is 0 Å². The van der Waals surface area contributed by atoms with Crippen molar-refractivity contribution in [3.8, 4) is 22.7 Å². The van der Waals surface area contributed by atoms with E-state index in [2.05, 4.69) is 20.3 Å². The Kier molecular flexibility index (Phi) is 3.91. The number of amides is 1. The van der Waals surface area contributed by atoms with Crippen LogP contribution >= 0.6 is 0 Å². The number of furan rings is 1. The van der Waals surface area contributed by atoms with Gasteiger partial charge in [-0.2, -0.15) is 0 Å². The van der Waals surface area contributed by atoms with Crippen LogP contribution in [-0.2, 0) is 4.79 Å². The summed E-state index contributed by atoms with van der Waals surface area (Å²) in [6, 6.07) is 7.39. The highest BCUT2D eigenvalue weighted by atomic mass is 16.3. The molecule has 0 spiro atoms. The monoisotopic (exact) mass is 294 g/mol. The largest absolute Gasteiger partial charge is 0.463 e. The molecule has 3 rings (SSSR count). The van der Waals surface area contributed by atoms with Crippen molar-refractivity contribution in [2.45, 2.75) is 13.3 Å². The first-order chi connectivity index (χ1) is 10.8. The van der Waals surface area contributed by atoms with E-state index < -0.39 is 0 Å². The number of pyridine rings is 1.